The van der Waals surface area contributed by atoms with E-state index in [1.54, 1.807) is 6.92 Å². The van der Waals surface area contributed by atoms with Crippen molar-refractivity contribution in [1.82, 2.24) is 4.98 Å². The lowest BCUT2D eigenvalue weighted by molar-refractivity contribution is 0.0517. The van der Waals surface area contributed by atoms with Crippen LogP contribution in [0.1, 0.15) is 58.8 Å². The molecule has 0 unspecified atom stereocenters. The van der Waals surface area contributed by atoms with Crippen LogP contribution < -0.4 is 0 Å². The summed E-state index contributed by atoms with van der Waals surface area (Å²) in [5, 5.41) is 0.833. The molecule has 0 aromatic carbocycles. The van der Waals surface area contributed by atoms with E-state index in [4.69, 9.17) is 4.74 Å². The van der Waals surface area contributed by atoms with Gasteiger partial charge < -0.3 is 4.74 Å². The van der Waals surface area contributed by atoms with E-state index in [9.17, 15) is 9.59 Å². The third-order valence-corrected chi connectivity index (χ3v) is 3.42. The maximum Gasteiger partial charge on any atom is 0.358 e. The molecule has 0 amide bonds. The molecule has 1 heterocycles. The zero-order valence-electron chi connectivity index (χ0n) is 10.4. The lowest BCUT2D eigenvalue weighted by Crippen LogP contribution is -2.09. The van der Waals surface area contributed by atoms with E-state index in [0.29, 0.717) is 4.88 Å². The molecule has 0 saturated heterocycles. The van der Waals surface area contributed by atoms with Crippen LogP contribution in [0.5, 0.6) is 0 Å². The highest BCUT2D eigenvalue weighted by Crippen LogP contribution is 2.21. The molecule has 0 aliphatic rings. The standard InChI is InChI=1S/C12H17NO3S/c1-4-6-7-9-13-10(12(15)16-5-2)11(17-9)8(3)14/h4-7H2,1-3H3. The topological polar surface area (TPSA) is 56.3 Å². The van der Waals surface area contributed by atoms with E-state index in [0.717, 1.165) is 24.3 Å². The summed E-state index contributed by atoms with van der Waals surface area (Å²) in [6.07, 6.45) is 2.87. The SMILES string of the molecule is CCCCc1nc(C(=O)OCC)c(C(C)=O)s1. The molecule has 0 radical (unpaired) electrons. The highest BCUT2D eigenvalue weighted by molar-refractivity contribution is 7.14. The van der Waals surface area contributed by atoms with Crippen LogP contribution in [0.4, 0.5) is 0 Å². The zero-order chi connectivity index (χ0) is 12.8. The lowest BCUT2D eigenvalue weighted by Gasteiger charge is -1.98. The molecule has 4 nitrogen and oxygen atoms in total. The van der Waals surface area contributed by atoms with Crippen molar-refractivity contribution >= 4 is 23.1 Å². The number of aryl methyl sites for hydroxylation is 1. The predicted molar refractivity (Wildman–Crippen MR) is 66.7 cm³/mol. The lowest BCUT2D eigenvalue weighted by atomic mass is 10.2. The Morgan fingerprint density at radius 2 is 2.06 bits per heavy atom. The summed E-state index contributed by atoms with van der Waals surface area (Å²) < 4.78 is 4.89. The van der Waals surface area contributed by atoms with Crippen LogP contribution in [0, 0.1) is 0 Å². The van der Waals surface area contributed by atoms with Crippen molar-refractivity contribution in [2.24, 2.45) is 0 Å². The second kappa shape index (κ2) is 6.49. The van der Waals surface area contributed by atoms with Crippen molar-refractivity contribution in [1.29, 1.82) is 0 Å². The van der Waals surface area contributed by atoms with Gasteiger partial charge in [-0.25, -0.2) is 9.78 Å². The van der Waals surface area contributed by atoms with Gasteiger partial charge in [-0.15, -0.1) is 11.3 Å². The van der Waals surface area contributed by atoms with Crippen molar-refractivity contribution in [3.05, 3.63) is 15.6 Å². The summed E-state index contributed by atoms with van der Waals surface area (Å²) in [6.45, 7) is 5.55. The summed E-state index contributed by atoms with van der Waals surface area (Å²) in [4.78, 5) is 27.7. The van der Waals surface area contributed by atoms with Gasteiger partial charge in [-0.1, -0.05) is 13.3 Å². The van der Waals surface area contributed by atoms with Crippen LogP contribution in [-0.2, 0) is 11.2 Å². The minimum atomic E-state index is -0.503. The number of carbonyl (C=O) groups is 2. The first-order valence-electron chi connectivity index (χ1n) is 5.77. The minimum absolute atomic E-state index is 0.131. The molecular weight excluding hydrogens is 238 g/mol. The van der Waals surface area contributed by atoms with E-state index >= 15 is 0 Å². The molecular formula is C12H17NO3S. The Labute approximate surface area is 105 Å². The molecule has 0 fully saturated rings. The summed E-state index contributed by atoms with van der Waals surface area (Å²) >= 11 is 1.30. The van der Waals surface area contributed by atoms with Crippen LogP contribution in [0.3, 0.4) is 0 Å². The van der Waals surface area contributed by atoms with E-state index in [-0.39, 0.29) is 18.1 Å². The molecule has 17 heavy (non-hydrogen) atoms. The maximum absolute atomic E-state index is 11.6. The fraction of sp³-hybridized carbons (Fsp3) is 0.583. The van der Waals surface area contributed by atoms with E-state index in [1.807, 2.05) is 0 Å². The van der Waals surface area contributed by atoms with Crippen molar-refractivity contribution in [3.63, 3.8) is 0 Å². The predicted octanol–water partition coefficient (Wildman–Crippen LogP) is 2.87. The molecule has 94 valence electrons. The Bertz CT molecular complexity index is 412. The molecule has 1 rings (SSSR count). The van der Waals surface area contributed by atoms with Crippen LogP contribution in [0.25, 0.3) is 0 Å². The first kappa shape index (κ1) is 13.8. The van der Waals surface area contributed by atoms with Gasteiger partial charge in [0.25, 0.3) is 0 Å². The quantitative estimate of drug-likeness (QED) is 0.579. The number of ether oxygens (including phenoxy) is 1. The van der Waals surface area contributed by atoms with Crippen molar-refractivity contribution in [3.8, 4) is 0 Å². The Morgan fingerprint density at radius 3 is 2.59 bits per heavy atom. The number of nitrogens with zero attached hydrogens (tertiary/aromatic N) is 1. The van der Waals surface area contributed by atoms with E-state index in [2.05, 4.69) is 11.9 Å². The summed E-state index contributed by atoms with van der Waals surface area (Å²) in [5.74, 6) is -0.634. The van der Waals surface area contributed by atoms with Gasteiger partial charge in [-0.2, -0.15) is 0 Å². The molecule has 0 atom stereocenters. The first-order valence-corrected chi connectivity index (χ1v) is 6.59. The van der Waals surface area contributed by atoms with Crippen LogP contribution in [0.15, 0.2) is 0 Å². The first-order chi connectivity index (χ1) is 8.10. The molecule has 0 aliphatic carbocycles. The number of unbranched alkanes of at least 4 members (excludes halogenated alkanes) is 1. The highest BCUT2D eigenvalue weighted by atomic mass is 32.1. The second-order valence-corrected chi connectivity index (χ2v) is 4.75. The Morgan fingerprint density at radius 1 is 1.35 bits per heavy atom. The molecule has 0 spiro atoms. The van der Waals surface area contributed by atoms with E-state index in [1.165, 1.54) is 18.3 Å². The average molecular weight is 255 g/mol. The largest absolute Gasteiger partial charge is 0.461 e. The van der Waals surface area contributed by atoms with Crippen molar-refractivity contribution in [2.75, 3.05) is 6.61 Å². The summed E-state index contributed by atoms with van der Waals surface area (Å²) in [6, 6.07) is 0. The van der Waals surface area contributed by atoms with Gasteiger partial charge in [-0.05, 0) is 19.8 Å². The molecule has 0 N–H and O–H groups in total. The number of esters is 1. The number of Topliss-reactive ketones (excluding diaryl/α,β-unsaturated/α-hetero) is 1. The average Bonchev–Trinajstić information content (AvgIpc) is 2.71. The van der Waals surface area contributed by atoms with Gasteiger partial charge in [0.15, 0.2) is 11.5 Å². The molecule has 5 heteroatoms. The van der Waals surface area contributed by atoms with Gasteiger partial charge in [0.2, 0.25) is 0 Å². The third-order valence-electron chi connectivity index (χ3n) is 2.20. The Balaban J connectivity index is 2.96. The third kappa shape index (κ3) is 3.63. The number of aromatic nitrogens is 1. The monoisotopic (exact) mass is 255 g/mol. The molecule has 0 saturated carbocycles. The number of hydrogen-bond acceptors (Lipinski definition) is 5. The van der Waals surface area contributed by atoms with E-state index < -0.39 is 5.97 Å². The Hall–Kier alpha value is -1.23. The number of rotatable bonds is 6. The fourth-order valence-electron chi connectivity index (χ4n) is 1.38. The fourth-order valence-corrected chi connectivity index (χ4v) is 2.36. The number of ketones is 1. The van der Waals surface area contributed by atoms with Gasteiger partial charge >= 0.3 is 5.97 Å². The molecule has 0 bridgehead atoms. The zero-order valence-corrected chi connectivity index (χ0v) is 11.2. The van der Waals surface area contributed by atoms with Crippen LogP contribution >= 0.6 is 11.3 Å². The van der Waals surface area contributed by atoms with Crippen molar-refractivity contribution < 1.29 is 14.3 Å². The van der Waals surface area contributed by atoms with Gasteiger partial charge in [0, 0.05) is 6.92 Å². The smallest absolute Gasteiger partial charge is 0.358 e. The van der Waals surface area contributed by atoms with Gasteiger partial charge in [-0.3, -0.25) is 4.79 Å². The second-order valence-electron chi connectivity index (χ2n) is 3.67. The normalized spacial score (nSPS) is 10.3. The van der Waals surface area contributed by atoms with Gasteiger partial charge in [0.1, 0.15) is 4.88 Å². The van der Waals surface area contributed by atoms with Crippen molar-refractivity contribution in [2.45, 2.75) is 40.0 Å². The van der Waals surface area contributed by atoms with Gasteiger partial charge in [0.05, 0.1) is 11.6 Å². The number of carbonyl (C=O) groups excluding carboxylic acids is 2. The minimum Gasteiger partial charge on any atom is -0.461 e. The molecule has 1 aromatic heterocycles. The maximum atomic E-state index is 11.6. The summed E-state index contributed by atoms with van der Waals surface area (Å²) in [5.41, 5.74) is 0.176. The number of thiazole rings is 1. The van der Waals surface area contributed by atoms with Crippen LogP contribution in [-0.4, -0.2) is 23.3 Å². The Kier molecular flexibility index (Phi) is 5.28. The highest BCUT2D eigenvalue weighted by Gasteiger charge is 2.21. The summed E-state index contributed by atoms with van der Waals surface area (Å²) in [7, 11) is 0. The molecule has 1 aromatic rings. The van der Waals surface area contributed by atoms with Crippen LogP contribution in [0.2, 0.25) is 0 Å². The molecule has 0 aliphatic heterocycles. The number of hydrogen-bond donors (Lipinski definition) is 0.